The molecule has 0 heterocycles. The van der Waals surface area contributed by atoms with E-state index in [1.807, 2.05) is 0 Å². The largest absolute Gasteiger partial charge is 0.465 e. The Balaban J connectivity index is 2.66. The van der Waals surface area contributed by atoms with Crippen molar-refractivity contribution in [3.8, 4) is 0 Å². The van der Waals surface area contributed by atoms with E-state index in [4.69, 9.17) is 4.74 Å². The molecule has 2 rings (SSSR count). The zero-order chi connectivity index (χ0) is 17.7. The molecule has 2 aromatic carbocycles. The van der Waals surface area contributed by atoms with Gasteiger partial charge in [-0.1, -0.05) is 30.3 Å². The zero-order valence-corrected chi connectivity index (χ0v) is 12.5. The Hall–Kier alpha value is -3.55. The average molecular weight is 328 g/mol. The smallest absolute Gasteiger partial charge is 0.338 e. The molecule has 0 N–H and O–H groups in total. The molecule has 0 radical (unpaired) electrons. The van der Waals surface area contributed by atoms with Crippen molar-refractivity contribution in [3.63, 3.8) is 0 Å². The van der Waals surface area contributed by atoms with E-state index in [-0.39, 0.29) is 11.1 Å². The van der Waals surface area contributed by atoms with E-state index >= 15 is 0 Å². The van der Waals surface area contributed by atoms with Crippen LogP contribution in [0, 0.1) is 20.2 Å². The summed E-state index contributed by atoms with van der Waals surface area (Å²) in [5.74, 6) is -0.756. The van der Waals surface area contributed by atoms with Crippen LogP contribution in [-0.4, -0.2) is 22.9 Å². The van der Waals surface area contributed by atoms with Gasteiger partial charge in [0.05, 0.1) is 28.6 Å². The van der Waals surface area contributed by atoms with Gasteiger partial charge in [0, 0.05) is 17.7 Å². The summed E-state index contributed by atoms with van der Waals surface area (Å²) in [6, 6.07) is 11.7. The fraction of sp³-hybridized carbons (Fsp3) is 0.0625. The first-order valence-electron chi connectivity index (χ1n) is 6.71. The third kappa shape index (κ3) is 3.80. The minimum atomic E-state index is -0.756. The number of carbonyl (C=O) groups excluding carboxylic acids is 1. The van der Waals surface area contributed by atoms with Gasteiger partial charge in [0.15, 0.2) is 0 Å². The topological polar surface area (TPSA) is 113 Å². The number of rotatable bonds is 5. The van der Waals surface area contributed by atoms with E-state index in [0.29, 0.717) is 5.56 Å². The predicted octanol–water partition coefficient (Wildman–Crippen LogP) is 3.22. The maximum Gasteiger partial charge on any atom is 0.338 e. The summed E-state index contributed by atoms with van der Waals surface area (Å²) in [7, 11) is 1.16. The molecule has 8 heteroatoms. The Kier molecular flexibility index (Phi) is 5.00. The Morgan fingerprint density at radius 3 is 2.00 bits per heavy atom. The molecule has 0 saturated carbocycles. The SMILES string of the molecule is COC(=O)C(=Cc1ccccc1)c1cc([N+](=O)[O-])cc([N+](=O)[O-])c1. The van der Waals surface area contributed by atoms with Gasteiger partial charge in [-0.3, -0.25) is 20.2 Å². The van der Waals surface area contributed by atoms with Gasteiger partial charge >= 0.3 is 5.97 Å². The van der Waals surface area contributed by atoms with Gasteiger partial charge in [-0.15, -0.1) is 0 Å². The van der Waals surface area contributed by atoms with Crippen LogP contribution in [0.25, 0.3) is 11.6 Å². The standard InChI is InChI=1S/C16H12N2O6/c1-24-16(19)15(7-11-5-3-2-4-6-11)12-8-13(17(20)21)10-14(9-12)18(22)23/h2-10H,1H3. The Morgan fingerprint density at radius 2 is 1.54 bits per heavy atom. The predicted molar refractivity (Wildman–Crippen MR) is 86.1 cm³/mol. The number of nitro benzene ring substituents is 2. The molecule has 0 aliphatic carbocycles. The summed E-state index contributed by atoms with van der Waals surface area (Å²) >= 11 is 0. The molecule has 24 heavy (non-hydrogen) atoms. The number of benzene rings is 2. The summed E-state index contributed by atoms with van der Waals surface area (Å²) in [6.07, 6.45) is 1.45. The maximum absolute atomic E-state index is 12.0. The Morgan fingerprint density at radius 1 is 1.00 bits per heavy atom. The lowest BCUT2D eigenvalue weighted by Crippen LogP contribution is -2.05. The summed E-state index contributed by atoms with van der Waals surface area (Å²) in [5, 5.41) is 22.0. The Bertz CT molecular complexity index is 797. The quantitative estimate of drug-likeness (QED) is 0.274. The fourth-order valence-corrected chi connectivity index (χ4v) is 2.05. The number of methoxy groups -OCH3 is 1. The van der Waals surface area contributed by atoms with Crippen LogP contribution in [0.3, 0.4) is 0 Å². The van der Waals surface area contributed by atoms with E-state index in [9.17, 15) is 25.0 Å². The summed E-state index contributed by atoms with van der Waals surface area (Å²) in [6.45, 7) is 0. The van der Waals surface area contributed by atoms with E-state index in [1.54, 1.807) is 30.3 Å². The van der Waals surface area contributed by atoms with Gasteiger partial charge in [0.25, 0.3) is 11.4 Å². The van der Waals surface area contributed by atoms with Crippen LogP contribution in [0.15, 0.2) is 48.5 Å². The number of hydrogen-bond acceptors (Lipinski definition) is 6. The van der Waals surface area contributed by atoms with E-state index in [2.05, 4.69) is 0 Å². The van der Waals surface area contributed by atoms with Gasteiger partial charge in [-0.25, -0.2) is 4.79 Å². The highest BCUT2D eigenvalue weighted by Gasteiger charge is 2.21. The zero-order valence-electron chi connectivity index (χ0n) is 12.5. The van der Waals surface area contributed by atoms with Gasteiger partial charge in [-0.05, 0) is 11.6 Å². The van der Waals surface area contributed by atoms with Crippen LogP contribution in [0.4, 0.5) is 11.4 Å². The van der Waals surface area contributed by atoms with Gasteiger partial charge < -0.3 is 4.74 Å². The monoisotopic (exact) mass is 328 g/mol. The molecule has 0 aromatic heterocycles. The molecule has 0 aliphatic rings. The fourth-order valence-electron chi connectivity index (χ4n) is 2.05. The number of ether oxygens (including phenoxy) is 1. The highest BCUT2D eigenvalue weighted by molar-refractivity contribution is 6.21. The average Bonchev–Trinajstić information content (AvgIpc) is 2.59. The van der Waals surface area contributed by atoms with E-state index in [1.165, 1.54) is 6.08 Å². The molecule has 122 valence electrons. The lowest BCUT2D eigenvalue weighted by Gasteiger charge is -2.06. The van der Waals surface area contributed by atoms with Crippen LogP contribution in [-0.2, 0) is 9.53 Å². The molecule has 0 bridgehead atoms. The minimum Gasteiger partial charge on any atom is -0.465 e. The molecule has 0 unspecified atom stereocenters. The van der Waals surface area contributed by atoms with Crippen molar-refractivity contribution >= 4 is 29.0 Å². The normalized spacial score (nSPS) is 11.0. The van der Waals surface area contributed by atoms with Crippen molar-refractivity contribution < 1.29 is 19.4 Å². The van der Waals surface area contributed by atoms with Gasteiger partial charge in [0.1, 0.15) is 0 Å². The third-order valence-electron chi connectivity index (χ3n) is 3.15. The molecular weight excluding hydrogens is 316 g/mol. The van der Waals surface area contributed by atoms with Crippen LogP contribution < -0.4 is 0 Å². The number of carbonyl (C=O) groups is 1. The highest BCUT2D eigenvalue weighted by atomic mass is 16.6. The third-order valence-corrected chi connectivity index (χ3v) is 3.15. The number of esters is 1. The summed E-state index contributed by atoms with van der Waals surface area (Å²) < 4.78 is 4.69. The first kappa shape index (κ1) is 16.8. The first-order valence-corrected chi connectivity index (χ1v) is 6.71. The molecule has 2 aromatic rings. The molecular formula is C16H12N2O6. The van der Waals surface area contributed by atoms with Gasteiger partial charge in [0.2, 0.25) is 0 Å². The number of non-ortho nitro benzene ring substituents is 2. The molecule has 0 fully saturated rings. The first-order chi connectivity index (χ1) is 11.4. The summed E-state index contributed by atoms with van der Waals surface area (Å²) in [4.78, 5) is 32.5. The van der Waals surface area contributed by atoms with Crippen molar-refractivity contribution in [2.45, 2.75) is 0 Å². The lowest BCUT2D eigenvalue weighted by molar-refractivity contribution is -0.394. The van der Waals surface area contributed by atoms with Crippen molar-refractivity contribution in [2.75, 3.05) is 7.11 Å². The second-order valence-electron chi connectivity index (χ2n) is 4.71. The van der Waals surface area contributed by atoms with Crippen molar-refractivity contribution in [3.05, 3.63) is 79.9 Å². The molecule has 0 amide bonds. The second kappa shape index (κ2) is 7.14. The van der Waals surface area contributed by atoms with Crippen LogP contribution in [0.2, 0.25) is 0 Å². The molecule has 0 spiro atoms. The number of nitrogens with zero attached hydrogens (tertiary/aromatic N) is 2. The number of hydrogen-bond donors (Lipinski definition) is 0. The lowest BCUT2D eigenvalue weighted by atomic mass is 10.0. The second-order valence-corrected chi connectivity index (χ2v) is 4.71. The number of nitro groups is 2. The van der Waals surface area contributed by atoms with Crippen molar-refractivity contribution in [1.82, 2.24) is 0 Å². The summed E-state index contributed by atoms with van der Waals surface area (Å²) in [5.41, 5.74) is -0.307. The molecule has 0 saturated heterocycles. The van der Waals surface area contributed by atoms with Crippen molar-refractivity contribution in [1.29, 1.82) is 0 Å². The molecule has 0 aliphatic heterocycles. The van der Waals surface area contributed by atoms with E-state index < -0.39 is 27.2 Å². The van der Waals surface area contributed by atoms with Crippen LogP contribution in [0.1, 0.15) is 11.1 Å². The molecule has 8 nitrogen and oxygen atoms in total. The van der Waals surface area contributed by atoms with Crippen LogP contribution >= 0.6 is 0 Å². The van der Waals surface area contributed by atoms with Gasteiger partial charge in [-0.2, -0.15) is 0 Å². The highest BCUT2D eigenvalue weighted by Crippen LogP contribution is 2.29. The minimum absolute atomic E-state index is 0.0181. The van der Waals surface area contributed by atoms with Crippen molar-refractivity contribution in [2.24, 2.45) is 0 Å². The van der Waals surface area contributed by atoms with E-state index in [0.717, 1.165) is 25.3 Å². The molecule has 0 atom stereocenters. The Labute approximate surface area is 136 Å². The maximum atomic E-state index is 12.0. The van der Waals surface area contributed by atoms with Crippen LogP contribution in [0.5, 0.6) is 0 Å².